The smallest absolute Gasteiger partial charge is 0.410 e. The molecule has 3 nitrogen and oxygen atoms in total. The molecule has 0 spiro atoms. The Balaban J connectivity index is 1.85. The van der Waals surface area contributed by atoms with E-state index >= 15 is 0 Å². The first-order valence-electron chi connectivity index (χ1n) is 7.34. The number of hydrogen-bond donors (Lipinski definition) is 0. The van der Waals surface area contributed by atoms with Gasteiger partial charge < -0.3 is 9.64 Å². The second-order valence-electron chi connectivity index (χ2n) is 5.21. The number of halogens is 1. The highest BCUT2D eigenvalue weighted by Gasteiger charge is 2.27. The molecule has 0 saturated carbocycles. The zero-order valence-corrected chi connectivity index (χ0v) is 12.5. The standard InChI is InChI=1S/C16H22ClNO2/c17-11-6-10-15-9-4-5-12-18(15)16(19)20-13-14-7-2-1-3-8-14/h1-3,7-8,15H,4-6,9-13H2/t15-/m1/s1. The zero-order chi connectivity index (χ0) is 14.2. The Morgan fingerprint density at radius 3 is 2.85 bits per heavy atom. The van der Waals surface area contributed by atoms with Crippen LogP contribution >= 0.6 is 11.6 Å². The van der Waals surface area contributed by atoms with Crippen molar-refractivity contribution >= 4 is 17.7 Å². The summed E-state index contributed by atoms with van der Waals surface area (Å²) in [6.45, 7) is 1.15. The molecule has 1 saturated heterocycles. The lowest BCUT2D eigenvalue weighted by Gasteiger charge is -2.34. The third-order valence-electron chi connectivity index (χ3n) is 3.74. The number of nitrogens with zero attached hydrogens (tertiary/aromatic N) is 1. The molecule has 4 heteroatoms. The molecule has 1 amide bonds. The van der Waals surface area contributed by atoms with Crippen molar-refractivity contribution < 1.29 is 9.53 Å². The second kappa shape index (κ2) is 8.15. The first-order chi connectivity index (χ1) is 9.81. The summed E-state index contributed by atoms with van der Waals surface area (Å²) in [4.78, 5) is 14.1. The molecule has 0 unspecified atom stereocenters. The summed E-state index contributed by atoms with van der Waals surface area (Å²) in [7, 11) is 0. The third kappa shape index (κ3) is 4.41. The number of carbonyl (C=O) groups is 1. The van der Waals surface area contributed by atoms with Crippen LogP contribution in [-0.2, 0) is 11.3 Å². The van der Waals surface area contributed by atoms with Gasteiger partial charge in [0, 0.05) is 18.5 Å². The van der Waals surface area contributed by atoms with E-state index < -0.39 is 0 Å². The predicted molar refractivity (Wildman–Crippen MR) is 80.9 cm³/mol. The molecule has 1 aliphatic rings. The number of amides is 1. The van der Waals surface area contributed by atoms with Gasteiger partial charge in [-0.05, 0) is 37.7 Å². The molecule has 1 heterocycles. The lowest BCUT2D eigenvalue weighted by atomic mass is 9.99. The Kier molecular flexibility index (Phi) is 6.19. The van der Waals surface area contributed by atoms with Crippen LogP contribution in [0.5, 0.6) is 0 Å². The fourth-order valence-electron chi connectivity index (χ4n) is 2.66. The van der Waals surface area contributed by atoms with Crippen LogP contribution < -0.4 is 0 Å². The van der Waals surface area contributed by atoms with Crippen molar-refractivity contribution in [2.75, 3.05) is 12.4 Å². The van der Waals surface area contributed by atoms with Gasteiger partial charge in [0.25, 0.3) is 0 Å². The van der Waals surface area contributed by atoms with Crippen molar-refractivity contribution in [2.45, 2.75) is 44.8 Å². The first-order valence-corrected chi connectivity index (χ1v) is 7.88. The van der Waals surface area contributed by atoms with Crippen LogP contribution in [0.3, 0.4) is 0 Å². The van der Waals surface area contributed by atoms with E-state index in [0.29, 0.717) is 18.5 Å². The molecule has 0 bridgehead atoms. The fourth-order valence-corrected chi connectivity index (χ4v) is 2.81. The molecule has 110 valence electrons. The molecule has 2 rings (SSSR count). The Labute approximate surface area is 125 Å². The largest absolute Gasteiger partial charge is 0.445 e. The van der Waals surface area contributed by atoms with Crippen LogP contribution in [0.4, 0.5) is 4.79 Å². The van der Waals surface area contributed by atoms with E-state index in [1.807, 2.05) is 35.2 Å². The van der Waals surface area contributed by atoms with Gasteiger partial charge in [0.05, 0.1) is 0 Å². The summed E-state index contributed by atoms with van der Waals surface area (Å²) in [5, 5.41) is 0. The van der Waals surface area contributed by atoms with Gasteiger partial charge in [-0.15, -0.1) is 11.6 Å². The Morgan fingerprint density at radius 2 is 2.10 bits per heavy atom. The van der Waals surface area contributed by atoms with E-state index in [9.17, 15) is 4.79 Å². The van der Waals surface area contributed by atoms with Crippen LogP contribution in [0.1, 0.15) is 37.7 Å². The minimum absolute atomic E-state index is 0.187. The van der Waals surface area contributed by atoms with E-state index in [1.54, 1.807) is 0 Å². The molecular weight excluding hydrogens is 274 g/mol. The summed E-state index contributed by atoms with van der Waals surface area (Å²) in [5.74, 6) is 0.656. The number of benzene rings is 1. The fraction of sp³-hybridized carbons (Fsp3) is 0.562. The number of rotatable bonds is 5. The van der Waals surface area contributed by atoms with Crippen molar-refractivity contribution in [1.82, 2.24) is 4.90 Å². The lowest BCUT2D eigenvalue weighted by molar-refractivity contribution is 0.0659. The highest BCUT2D eigenvalue weighted by molar-refractivity contribution is 6.17. The van der Waals surface area contributed by atoms with E-state index in [2.05, 4.69) is 0 Å². The number of likely N-dealkylation sites (tertiary alicyclic amines) is 1. The van der Waals surface area contributed by atoms with E-state index in [0.717, 1.165) is 37.8 Å². The molecule has 1 atom stereocenters. The average Bonchev–Trinajstić information content (AvgIpc) is 2.52. The number of hydrogen-bond acceptors (Lipinski definition) is 2. The third-order valence-corrected chi connectivity index (χ3v) is 4.01. The van der Waals surface area contributed by atoms with Crippen molar-refractivity contribution in [2.24, 2.45) is 0 Å². The van der Waals surface area contributed by atoms with Gasteiger partial charge in [0.15, 0.2) is 0 Å². The average molecular weight is 296 g/mol. The Morgan fingerprint density at radius 1 is 1.30 bits per heavy atom. The lowest BCUT2D eigenvalue weighted by Crippen LogP contribution is -2.44. The predicted octanol–water partition coefficient (Wildman–Crippen LogP) is 4.20. The van der Waals surface area contributed by atoms with Crippen molar-refractivity contribution in [3.05, 3.63) is 35.9 Å². The molecule has 1 fully saturated rings. The minimum Gasteiger partial charge on any atom is -0.445 e. The van der Waals surface area contributed by atoms with E-state index in [-0.39, 0.29) is 6.09 Å². The van der Waals surface area contributed by atoms with Crippen LogP contribution in [-0.4, -0.2) is 29.5 Å². The summed E-state index contributed by atoms with van der Waals surface area (Å²) in [6, 6.07) is 10.1. The van der Waals surface area contributed by atoms with Crippen LogP contribution in [0, 0.1) is 0 Å². The van der Waals surface area contributed by atoms with Crippen molar-refractivity contribution in [3.8, 4) is 0 Å². The summed E-state index contributed by atoms with van der Waals surface area (Å²) in [5.41, 5.74) is 1.02. The highest BCUT2D eigenvalue weighted by atomic mass is 35.5. The summed E-state index contributed by atoms with van der Waals surface area (Å²) < 4.78 is 5.43. The zero-order valence-electron chi connectivity index (χ0n) is 11.8. The number of alkyl halides is 1. The maximum Gasteiger partial charge on any atom is 0.410 e. The number of carbonyl (C=O) groups excluding carboxylic acids is 1. The topological polar surface area (TPSA) is 29.5 Å². The van der Waals surface area contributed by atoms with E-state index in [4.69, 9.17) is 16.3 Å². The molecular formula is C16H22ClNO2. The molecule has 20 heavy (non-hydrogen) atoms. The van der Waals surface area contributed by atoms with Gasteiger partial charge in [0.2, 0.25) is 0 Å². The monoisotopic (exact) mass is 295 g/mol. The van der Waals surface area contributed by atoms with Crippen LogP contribution in [0.25, 0.3) is 0 Å². The van der Waals surface area contributed by atoms with Crippen molar-refractivity contribution in [1.29, 1.82) is 0 Å². The van der Waals surface area contributed by atoms with Gasteiger partial charge in [-0.3, -0.25) is 0 Å². The normalized spacial score (nSPS) is 18.9. The van der Waals surface area contributed by atoms with Crippen LogP contribution in [0.2, 0.25) is 0 Å². The maximum atomic E-state index is 12.2. The highest BCUT2D eigenvalue weighted by Crippen LogP contribution is 2.22. The molecule has 0 aromatic heterocycles. The number of piperidine rings is 1. The molecule has 1 aliphatic heterocycles. The molecule has 1 aromatic rings. The van der Waals surface area contributed by atoms with Gasteiger partial charge in [-0.1, -0.05) is 30.3 Å². The first kappa shape index (κ1) is 15.2. The second-order valence-corrected chi connectivity index (χ2v) is 5.59. The van der Waals surface area contributed by atoms with Gasteiger partial charge in [0.1, 0.15) is 6.61 Å². The van der Waals surface area contributed by atoms with E-state index in [1.165, 1.54) is 6.42 Å². The molecule has 0 aliphatic carbocycles. The Bertz CT molecular complexity index is 410. The van der Waals surface area contributed by atoms with Gasteiger partial charge in [-0.2, -0.15) is 0 Å². The number of ether oxygens (including phenoxy) is 1. The minimum atomic E-state index is -0.187. The summed E-state index contributed by atoms with van der Waals surface area (Å²) >= 11 is 5.75. The maximum absolute atomic E-state index is 12.2. The quantitative estimate of drug-likeness (QED) is 0.762. The van der Waals surface area contributed by atoms with Gasteiger partial charge >= 0.3 is 6.09 Å². The SMILES string of the molecule is O=C(OCc1ccccc1)N1CCCC[C@@H]1CCCCl. The molecule has 1 aromatic carbocycles. The molecule has 0 radical (unpaired) electrons. The van der Waals surface area contributed by atoms with Crippen LogP contribution in [0.15, 0.2) is 30.3 Å². The van der Waals surface area contributed by atoms with Gasteiger partial charge in [-0.25, -0.2) is 4.79 Å². The molecule has 0 N–H and O–H groups in total. The summed E-state index contributed by atoms with van der Waals surface area (Å²) in [6.07, 6.45) is 5.07. The van der Waals surface area contributed by atoms with Crippen molar-refractivity contribution in [3.63, 3.8) is 0 Å². The Hall–Kier alpha value is -1.22.